The van der Waals surface area contributed by atoms with Gasteiger partial charge in [-0.25, -0.2) is 0 Å². The molecular weight excluding hydrogens is 266 g/mol. The summed E-state index contributed by atoms with van der Waals surface area (Å²) in [6.45, 7) is 5.78. The smallest absolute Gasteiger partial charge is 0.239 e. The van der Waals surface area contributed by atoms with E-state index in [9.17, 15) is 4.79 Å². The van der Waals surface area contributed by atoms with Crippen LogP contribution in [-0.4, -0.2) is 67.2 Å². The van der Waals surface area contributed by atoms with Crippen LogP contribution in [0.3, 0.4) is 0 Å². The first-order valence-electron chi connectivity index (χ1n) is 8.62. The number of nitrogens with two attached hydrogens (primary N) is 1. The van der Waals surface area contributed by atoms with Gasteiger partial charge in [0.2, 0.25) is 5.91 Å². The molecule has 3 saturated heterocycles. The van der Waals surface area contributed by atoms with E-state index in [1.54, 1.807) is 0 Å². The minimum Gasteiger partial charge on any atom is -0.381 e. The molecule has 0 bridgehead atoms. The van der Waals surface area contributed by atoms with E-state index in [0.717, 1.165) is 52.0 Å². The van der Waals surface area contributed by atoms with E-state index in [-0.39, 0.29) is 11.9 Å². The molecule has 2 N–H and O–H groups in total. The van der Waals surface area contributed by atoms with Crippen LogP contribution in [0, 0.1) is 5.92 Å². The van der Waals surface area contributed by atoms with E-state index in [1.165, 1.54) is 25.9 Å². The van der Waals surface area contributed by atoms with Crippen molar-refractivity contribution in [1.29, 1.82) is 0 Å². The summed E-state index contributed by atoms with van der Waals surface area (Å²) in [7, 11) is 0. The van der Waals surface area contributed by atoms with Crippen molar-refractivity contribution in [2.24, 2.45) is 11.7 Å². The summed E-state index contributed by atoms with van der Waals surface area (Å²) in [5.41, 5.74) is 6.22. The van der Waals surface area contributed by atoms with Crippen molar-refractivity contribution in [3.8, 4) is 0 Å². The van der Waals surface area contributed by atoms with Gasteiger partial charge in [0.1, 0.15) is 0 Å². The molecule has 0 aliphatic carbocycles. The maximum Gasteiger partial charge on any atom is 0.239 e. The molecule has 3 heterocycles. The van der Waals surface area contributed by atoms with Gasteiger partial charge in [0.25, 0.3) is 0 Å². The maximum absolute atomic E-state index is 12.6. The number of ether oxygens (including phenoxy) is 1. The molecule has 1 unspecified atom stereocenters. The zero-order valence-corrected chi connectivity index (χ0v) is 13.0. The van der Waals surface area contributed by atoms with Gasteiger partial charge in [-0.15, -0.1) is 0 Å². The largest absolute Gasteiger partial charge is 0.381 e. The number of hydrogen-bond acceptors (Lipinski definition) is 4. The van der Waals surface area contributed by atoms with Crippen LogP contribution in [-0.2, 0) is 9.53 Å². The van der Waals surface area contributed by atoms with Crippen LogP contribution < -0.4 is 5.73 Å². The Bertz CT molecular complexity index is 343. The van der Waals surface area contributed by atoms with Crippen LogP contribution in [0.4, 0.5) is 0 Å². The van der Waals surface area contributed by atoms with E-state index in [2.05, 4.69) is 4.90 Å². The lowest BCUT2D eigenvalue weighted by Crippen LogP contribution is -2.53. The van der Waals surface area contributed by atoms with Gasteiger partial charge in [0.15, 0.2) is 0 Å². The van der Waals surface area contributed by atoms with Crippen LogP contribution in [0.15, 0.2) is 0 Å². The Morgan fingerprint density at radius 3 is 2.24 bits per heavy atom. The molecule has 120 valence electrons. The fourth-order valence-electron chi connectivity index (χ4n) is 4.05. The first kappa shape index (κ1) is 15.3. The zero-order chi connectivity index (χ0) is 14.7. The van der Waals surface area contributed by atoms with Crippen molar-refractivity contribution < 1.29 is 9.53 Å². The summed E-state index contributed by atoms with van der Waals surface area (Å²) in [6.07, 6.45) is 6.77. The third kappa shape index (κ3) is 3.58. The fraction of sp³-hybridized carbons (Fsp3) is 0.938. The van der Waals surface area contributed by atoms with Gasteiger partial charge in [-0.05, 0) is 57.5 Å². The van der Waals surface area contributed by atoms with Gasteiger partial charge in [0, 0.05) is 32.3 Å². The molecule has 5 heteroatoms. The van der Waals surface area contributed by atoms with Gasteiger partial charge in [-0.1, -0.05) is 0 Å². The molecule has 21 heavy (non-hydrogen) atoms. The highest BCUT2D eigenvalue weighted by Gasteiger charge is 2.33. The lowest BCUT2D eigenvalue weighted by atomic mass is 9.91. The Kier molecular flexibility index (Phi) is 5.14. The van der Waals surface area contributed by atoms with Crippen molar-refractivity contribution in [1.82, 2.24) is 9.80 Å². The van der Waals surface area contributed by atoms with Crippen LogP contribution in [0.5, 0.6) is 0 Å². The van der Waals surface area contributed by atoms with Crippen LogP contribution >= 0.6 is 0 Å². The Balaban J connectivity index is 1.47. The van der Waals surface area contributed by atoms with Crippen molar-refractivity contribution in [2.75, 3.05) is 39.4 Å². The summed E-state index contributed by atoms with van der Waals surface area (Å²) in [4.78, 5) is 17.2. The van der Waals surface area contributed by atoms with Gasteiger partial charge < -0.3 is 20.3 Å². The van der Waals surface area contributed by atoms with Gasteiger partial charge in [0.05, 0.1) is 6.04 Å². The summed E-state index contributed by atoms with van der Waals surface area (Å²) in [6, 6.07) is 0.369. The molecule has 1 atom stereocenters. The van der Waals surface area contributed by atoms with Crippen LogP contribution in [0.1, 0.15) is 38.5 Å². The number of likely N-dealkylation sites (tertiary alicyclic amines) is 2. The molecule has 5 nitrogen and oxygen atoms in total. The monoisotopic (exact) mass is 295 g/mol. The Morgan fingerprint density at radius 2 is 1.62 bits per heavy atom. The van der Waals surface area contributed by atoms with E-state index in [1.807, 2.05) is 4.90 Å². The summed E-state index contributed by atoms with van der Waals surface area (Å²) in [5.74, 6) is 0.476. The van der Waals surface area contributed by atoms with Gasteiger partial charge >= 0.3 is 0 Å². The third-order valence-corrected chi connectivity index (χ3v) is 5.49. The zero-order valence-electron chi connectivity index (χ0n) is 13.0. The molecule has 0 aromatic carbocycles. The van der Waals surface area contributed by atoms with E-state index in [4.69, 9.17) is 10.5 Å². The third-order valence-electron chi connectivity index (χ3n) is 5.49. The van der Waals surface area contributed by atoms with Gasteiger partial charge in [-0.3, -0.25) is 4.79 Å². The molecule has 0 spiro atoms. The summed E-state index contributed by atoms with van der Waals surface area (Å²) in [5, 5.41) is 0. The maximum atomic E-state index is 12.6. The van der Waals surface area contributed by atoms with E-state index < -0.39 is 0 Å². The molecule has 3 aliphatic heterocycles. The molecule has 0 saturated carbocycles. The van der Waals surface area contributed by atoms with Crippen molar-refractivity contribution in [3.05, 3.63) is 0 Å². The van der Waals surface area contributed by atoms with Crippen LogP contribution in [0.25, 0.3) is 0 Å². The lowest BCUT2D eigenvalue weighted by molar-refractivity contribution is -0.136. The second-order valence-corrected chi connectivity index (χ2v) is 6.78. The number of amides is 1. The van der Waals surface area contributed by atoms with Gasteiger partial charge in [-0.2, -0.15) is 0 Å². The van der Waals surface area contributed by atoms with Crippen LogP contribution in [0.2, 0.25) is 0 Å². The highest BCUT2D eigenvalue weighted by atomic mass is 16.5. The molecule has 0 aromatic heterocycles. The molecule has 3 fully saturated rings. The second-order valence-electron chi connectivity index (χ2n) is 6.78. The normalized spacial score (nSPS) is 28.0. The average molecular weight is 295 g/mol. The Labute approximate surface area is 127 Å². The number of carbonyl (C=O) groups is 1. The minimum atomic E-state index is -0.322. The van der Waals surface area contributed by atoms with Crippen molar-refractivity contribution in [2.45, 2.75) is 50.6 Å². The molecule has 3 aliphatic rings. The highest BCUT2D eigenvalue weighted by molar-refractivity contribution is 5.82. The molecule has 3 rings (SSSR count). The number of nitrogens with zero attached hydrogens (tertiary/aromatic N) is 2. The van der Waals surface area contributed by atoms with Crippen molar-refractivity contribution >= 4 is 5.91 Å². The number of hydrogen-bond donors (Lipinski definition) is 1. The first-order valence-corrected chi connectivity index (χ1v) is 8.62. The van der Waals surface area contributed by atoms with Crippen molar-refractivity contribution in [3.63, 3.8) is 0 Å². The predicted octanol–water partition coefficient (Wildman–Crippen LogP) is 0.827. The molecular formula is C16H29N3O2. The summed E-state index contributed by atoms with van der Waals surface area (Å²) >= 11 is 0. The topological polar surface area (TPSA) is 58.8 Å². The summed E-state index contributed by atoms with van der Waals surface area (Å²) < 4.78 is 5.36. The highest BCUT2D eigenvalue weighted by Crippen LogP contribution is 2.23. The number of rotatable bonds is 3. The quantitative estimate of drug-likeness (QED) is 0.838. The average Bonchev–Trinajstić information content (AvgIpc) is 3.09. The Hall–Kier alpha value is -0.650. The molecule has 1 amide bonds. The van der Waals surface area contributed by atoms with E-state index in [0.29, 0.717) is 12.0 Å². The standard InChI is InChI=1S/C16H29N3O2/c17-15(13-5-11-21-12-6-13)16(20)19-9-3-14(4-10-19)18-7-1-2-8-18/h13-15H,1-12,17H2. The fourth-order valence-corrected chi connectivity index (χ4v) is 4.05. The SMILES string of the molecule is NC(C(=O)N1CCC(N2CCCC2)CC1)C1CCOCC1. The minimum absolute atomic E-state index is 0.168. The second kappa shape index (κ2) is 7.07. The predicted molar refractivity (Wildman–Crippen MR) is 81.9 cm³/mol. The lowest BCUT2D eigenvalue weighted by Gasteiger charge is -2.38. The molecule has 0 aromatic rings. The number of carbonyl (C=O) groups excluding carboxylic acids is 1. The van der Waals surface area contributed by atoms with E-state index >= 15 is 0 Å². The first-order chi connectivity index (χ1) is 10.3. The number of piperidine rings is 1. The Morgan fingerprint density at radius 1 is 1.00 bits per heavy atom. The molecule has 0 radical (unpaired) electrons.